The van der Waals surface area contributed by atoms with Gasteiger partial charge in [-0.1, -0.05) is 51.1 Å². The SMILES string of the molecule is COc1cc(C(C)(C)C)c(O)c(NC(=O)NCc2ccccc2)c1C1CCC(N)CC1. The Kier molecular flexibility index (Phi) is 7.11. The van der Waals surface area contributed by atoms with Crippen LogP contribution in [0.3, 0.4) is 0 Å². The van der Waals surface area contributed by atoms with Gasteiger partial charge in [-0.15, -0.1) is 0 Å². The van der Waals surface area contributed by atoms with Crippen molar-refractivity contribution >= 4 is 11.7 Å². The molecule has 168 valence electrons. The van der Waals surface area contributed by atoms with E-state index < -0.39 is 0 Å². The number of hydrogen-bond acceptors (Lipinski definition) is 4. The monoisotopic (exact) mass is 425 g/mol. The second-order valence-corrected chi connectivity index (χ2v) is 9.42. The number of nitrogens with one attached hydrogen (secondary N) is 2. The lowest BCUT2D eigenvalue weighted by Crippen LogP contribution is -2.30. The summed E-state index contributed by atoms with van der Waals surface area (Å²) in [4.78, 5) is 12.8. The maximum Gasteiger partial charge on any atom is 0.319 e. The highest BCUT2D eigenvalue weighted by molar-refractivity contribution is 5.93. The van der Waals surface area contributed by atoms with Gasteiger partial charge in [0.25, 0.3) is 0 Å². The zero-order valence-corrected chi connectivity index (χ0v) is 19.0. The molecule has 0 radical (unpaired) electrons. The van der Waals surface area contributed by atoms with Crippen molar-refractivity contribution in [1.29, 1.82) is 0 Å². The minimum atomic E-state index is -0.360. The van der Waals surface area contributed by atoms with Crippen LogP contribution in [0.15, 0.2) is 36.4 Å². The van der Waals surface area contributed by atoms with Gasteiger partial charge in [-0.05, 0) is 48.6 Å². The minimum Gasteiger partial charge on any atom is -0.505 e. The third-order valence-corrected chi connectivity index (χ3v) is 6.04. The van der Waals surface area contributed by atoms with Crippen molar-refractivity contribution in [3.05, 3.63) is 53.1 Å². The van der Waals surface area contributed by atoms with Crippen LogP contribution < -0.4 is 21.1 Å². The molecular weight excluding hydrogens is 390 g/mol. The van der Waals surface area contributed by atoms with Crippen molar-refractivity contribution in [2.75, 3.05) is 12.4 Å². The van der Waals surface area contributed by atoms with Crippen molar-refractivity contribution in [1.82, 2.24) is 5.32 Å². The summed E-state index contributed by atoms with van der Waals surface area (Å²) in [6, 6.07) is 11.5. The number of phenols is 1. The van der Waals surface area contributed by atoms with Crippen LogP contribution in [0.4, 0.5) is 10.5 Å². The van der Waals surface area contributed by atoms with Crippen molar-refractivity contribution in [3.63, 3.8) is 0 Å². The highest BCUT2D eigenvalue weighted by Gasteiger charge is 2.31. The number of methoxy groups -OCH3 is 1. The molecule has 0 atom stereocenters. The lowest BCUT2D eigenvalue weighted by Gasteiger charge is -2.31. The first-order valence-electron chi connectivity index (χ1n) is 11.0. The summed E-state index contributed by atoms with van der Waals surface area (Å²) in [5.41, 5.74) is 8.83. The van der Waals surface area contributed by atoms with Gasteiger partial charge in [0.05, 0.1) is 12.8 Å². The highest BCUT2D eigenvalue weighted by atomic mass is 16.5. The van der Waals surface area contributed by atoms with Crippen molar-refractivity contribution in [2.24, 2.45) is 5.73 Å². The van der Waals surface area contributed by atoms with Gasteiger partial charge in [0.1, 0.15) is 11.5 Å². The third-order valence-electron chi connectivity index (χ3n) is 6.04. The van der Waals surface area contributed by atoms with Crippen LogP contribution in [0.1, 0.15) is 69.1 Å². The Hall–Kier alpha value is -2.73. The number of nitrogens with two attached hydrogens (primary N) is 1. The van der Waals surface area contributed by atoms with Crippen molar-refractivity contribution in [2.45, 2.75) is 70.4 Å². The molecule has 1 aliphatic carbocycles. The number of amides is 2. The van der Waals surface area contributed by atoms with E-state index in [0.29, 0.717) is 18.0 Å². The Bertz CT molecular complexity index is 898. The number of carbonyl (C=O) groups is 1. The lowest BCUT2D eigenvalue weighted by molar-refractivity contribution is 0.251. The van der Waals surface area contributed by atoms with E-state index in [-0.39, 0.29) is 29.2 Å². The van der Waals surface area contributed by atoms with E-state index in [1.165, 1.54) is 0 Å². The Morgan fingerprint density at radius 3 is 2.39 bits per heavy atom. The zero-order valence-electron chi connectivity index (χ0n) is 19.0. The third kappa shape index (κ3) is 5.50. The molecule has 1 saturated carbocycles. The second kappa shape index (κ2) is 9.60. The first kappa shape index (κ1) is 22.9. The molecule has 0 heterocycles. The molecule has 2 aromatic carbocycles. The maximum absolute atomic E-state index is 12.8. The van der Waals surface area contributed by atoms with Gasteiger partial charge < -0.3 is 26.2 Å². The van der Waals surface area contributed by atoms with Gasteiger partial charge in [-0.2, -0.15) is 0 Å². The van der Waals surface area contributed by atoms with Crippen LogP contribution in [-0.2, 0) is 12.0 Å². The normalized spacial score (nSPS) is 19.0. The van der Waals surface area contributed by atoms with E-state index in [4.69, 9.17) is 10.5 Å². The summed E-state index contributed by atoms with van der Waals surface area (Å²) in [5.74, 6) is 0.966. The molecule has 3 rings (SSSR count). The number of urea groups is 1. The van der Waals surface area contributed by atoms with Gasteiger partial charge >= 0.3 is 6.03 Å². The summed E-state index contributed by atoms with van der Waals surface area (Å²) < 4.78 is 5.75. The Morgan fingerprint density at radius 2 is 1.81 bits per heavy atom. The fourth-order valence-electron chi connectivity index (χ4n) is 4.28. The van der Waals surface area contributed by atoms with Crippen LogP contribution in [-0.4, -0.2) is 24.3 Å². The number of phenolic OH excluding ortho intramolecular Hbond substituents is 1. The predicted octanol–water partition coefficient (Wildman–Crippen LogP) is 5.00. The van der Waals surface area contributed by atoms with E-state index in [1.807, 2.05) is 57.2 Å². The molecule has 0 aromatic heterocycles. The van der Waals surface area contributed by atoms with Gasteiger partial charge in [-0.3, -0.25) is 0 Å². The van der Waals surface area contributed by atoms with Crippen LogP contribution >= 0.6 is 0 Å². The van der Waals surface area contributed by atoms with E-state index >= 15 is 0 Å². The summed E-state index contributed by atoms with van der Waals surface area (Å²) >= 11 is 0. The number of ether oxygens (including phenoxy) is 1. The number of anilines is 1. The molecule has 0 unspecified atom stereocenters. The average molecular weight is 426 g/mol. The van der Waals surface area contributed by atoms with Gasteiger partial charge in [-0.25, -0.2) is 4.79 Å². The lowest BCUT2D eigenvalue weighted by atomic mass is 9.78. The van der Waals surface area contributed by atoms with Crippen LogP contribution in [0.2, 0.25) is 0 Å². The summed E-state index contributed by atoms with van der Waals surface area (Å²) in [6.45, 7) is 6.48. The first-order chi connectivity index (χ1) is 14.7. The van der Waals surface area contributed by atoms with Crippen molar-refractivity contribution in [3.8, 4) is 11.5 Å². The summed E-state index contributed by atoms with van der Waals surface area (Å²) in [6.07, 6.45) is 3.61. The fraction of sp³-hybridized carbons (Fsp3) is 0.480. The average Bonchev–Trinajstić information content (AvgIpc) is 2.74. The van der Waals surface area contributed by atoms with Crippen LogP contribution in [0, 0.1) is 0 Å². The molecule has 31 heavy (non-hydrogen) atoms. The highest BCUT2D eigenvalue weighted by Crippen LogP contribution is 2.49. The molecule has 6 nitrogen and oxygen atoms in total. The zero-order chi connectivity index (χ0) is 22.6. The van der Waals surface area contributed by atoms with Gasteiger partial charge in [0, 0.05) is 23.7 Å². The molecule has 1 fully saturated rings. The van der Waals surface area contributed by atoms with Crippen LogP contribution in [0.25, 0.3) is 0 Å². The molecule has 0 saturated heterocycles. The second-order valence-electron chi connectivity index (χ2n) is 9.42. The summed E-state index contributed by atoms with van der Waals surface area (Å²) in [7, 11) is 1.64. The quantitative estimate of drug-likeness (QED) is 0.507. The molecule has 0 spiro atoms. The van der Waals surface area contributed by atoms with Gasteiger partial charge in [0.15, 0.2) is 0 Å². The Labute approximate surface area is 185 Å². The van der Waals surface area contributed by atoms with E-state index in [9.17, 15) is 9.90 Å². The Balaban J connectivity index is 1.95. The van der Waals surface area contributed by atoms with E-state index in [2.05, 4.69) is 10.6 Å². The number of benzene rings is 2. The standard InChI is InChI=1S/C25H35N3O3/c1-25(2,3)19-14-20(31-4)21(17-10-12-18(26)13-11-17)22(23(19)29)28-24(30)27-15-16-8-6-5-7-9-16/h5-9,14,17-18,29H,10-13,15,26H2,1-4H3,(H2,27,28,30). The molecule has 2 amide bonds. The van der Waals surface area contributed by atoms with E-state index in [1.54, 1.807) is 7.11 Å². The predicted molar refractivity (Wildman–Crippen MR) is 125 cm³/mol. The fourth-order valence-corrected chi connectivity index (χ4v) is 4.28. The van der Waals surface area contributed by atoms with Crippen molar-refractivity contribution < 1.29 is 14.6 Å². The molecular formula is C25H35N3O3. The smallest absolute Gasteiger partial charge is 0.319 e. The van der Waals surface area contributed by atoms with E-state index in [0.717, 1.165) is 42.4 Å². The number of carbonyl (C=O) groups excluding carboxylic acids is 1. The number of rotatable bonds is 5. The number of aromatic hydroxyl groups is 1. The molecule has 1 aliphatic rings. The Morgan fingerprint density at radius 1 is 1.16 bits per heavy atom. The minimum absolute atomic E-state index is 0.105. The summed E-state index contributed by atoms with van der Waals surface area (Å²) in [5, 5.41) is 17.0. The molecule has 6 heteroatoms. The molecule has 2 aromatic rings. The molecule has 0 aliphatic heterocycles. The molecule has 5 N–H and O–H groups in total. The largest absolute Gasteiger partial charge is 0.505 e. The van der Waals surface area contributed by atoms with Crippen LogP contribution in [0.5, 0.6) is 11.5 Å². The number of hydrogen-bond donors (Lipinski definition) is 4. The van der Waals surface area contributed by atoms with Gasteiger partial charge in [0.2, 0.25) is 0 Å². The maximum atomic E-state index is 12.8. The topological polar surface area (TPSA) is 96.6 Å². The molecule has 0 bridgehead atoms. The first-order valence-corrected chi connectivity index (χ1v) is 11.0.